The molecule has 0 amide bonds. The molecule has 2 rings (SSSR count). The molecule has 0 aromatic carbocycles. The van der Waals surface area contributed by atoms with Gasteiger partial charge in [0.25, 0.3) is 0 Å². The number of nitrogens with zero attached hydrogens (tertiary/aromatic N) is 1. The average Bonchev–Trinajstić information content (AvgIpc) is 2.32. The van der Waals surface area contributed by atoms with E-state index in [4.69, 9.17) is 15.9 Å². The molecular formula is C13H19N3O. The molecule has 1 heterocycles. The fourth-order valence-electron chi connectivity index (χ4n) is 2.24. The first-order valence-corrected chi connectivity index (χ1v) is 6.15. The number of ether oxygens (including phenoxy) is 1. The Morgan fingerprint density at radius 2 is 2.18 bits per heavy atom. The van der Waals surface area contributed by atoms with E-state index >= 15 is 0 Å². The summed E-state index contributed by atoms with van der Waals surface area (Å²) in [6.07, 6.45) is 5.08. The fourth-order valence-corrected chi connectivity index (χ4v) is 2.24. The Morgan fingerprint density at radius 1 is 1.41 bits per heavy atom. The van der Waals surface area contributed by atoms with Gasteiger partial charge in [-0.2, -0.15) is 0 Å². The third-order valence-electron chi connectivity index (χ3n) is 3.30. The molecule has 0 radical (unpaired) electrons. The predicted octanol–water partition coefficient (Wildman–Crippen LogP) is 2.32. The van der Waals surface area contributed by atoms with E-state index < -0.39 is 0 Å². The van der Waals surface area contributed by atoms with Gasteiger partial charge in [-0.05, 0) is 31.2 Å². The van der Waals surface area contributed by atoms with Crippen LogP contribution >= 0.6 is 0 Å². The van der Waals surface area contributed by atoms with Gasteiger partial charge in [-0.1, -0.05) is 19.4 Å². The second kappa shape index (κ2) is 5.17. The smallest absolute Gasteiger partial charge is 0.214 e. The van der Waals surface area contributed by atoms with Crippen molar-refractivity contribution in [2.45, 2.75) is 38.7 Å². The van der Waals surface area contributed by atoms with Crippen LogP contribution in [0, 0.1) is 11.3 Å². The lowest BCUT2D eigenvalue weighted by molar-refractivity contribution is 0.0975. The zero-order valence-electron chi connectivity index (χ0n) is 10.1. The van der Waals surface area contributed by atoms with Crippen LogP contribution < -0.4 is 10.5 Å². The third kappa shape index (κ3) is 2.96. The van der Waals surface area contributed by atoms with Crippen molar-refractivity contribution in [1.82, 2.24) is 4.98 Å². The first-order valence-electron chi connectivity index (χ1n) is 6.15. The number of nitrogens with one attached hydrogen (secondary N) is 1. The summed E-state index contributed by atoms with van der Waals surface area (Å²) in [5, 5.41) is 7.35. The molecule has 17 heavy (non-hydrogen) atoms. The number of amidine groups is 1. The van der Waals surface area contributed by atoms with E-state index in [2.05, 4.69) is 11.9 Å². The van der Waals surface area contributed by atoms with Gasteiger partial charge in [-0.25, -0.2) is 4.98 Å². The van der Waals surface area contributed by atoms with Crippen molar-refractivity contribution in [3.63, 3.8) is 0 Å². The summed E-state index contributed by atoms with van der Waals surface area (Å²) < 4.78 is 5.90. The highest BCUT2D eigenvalue weighted by molar-refractivity contribution is 5.93. The van der Waals surface area contributed by atoms with Crippen LogP contribution in [0.5, 0.6) is 5.88 Å². The van der Waals surface area contributed by atoms with Crippen molar-refractivity contribution in [2.24, 2.45) is 11.7 Å². The molecule has 1 saturated carbocycles. The Morgan fingerprint density at radius 3 is 2.88 bits per heavy atom. The van der Waals surface area contributed by atoms with Crippen molar-refractivity contribution in [2.75, 3.05) is 0 Å². The molecule has 4 heteroatoms. The van der Waals surface area contributed by atoms with Crippen molar-refractivity contribution in [3.05, 3.63) is 23.9 Å². The minimum atomic E-state index is -0.0212. The lowest BCUT2D eigenvalue weighted by atomic mass is 9.88. The second-order valence-corrected chi connectivity index (χ2v) is 4.69. The number of aromatic nitrogens is 1. The number of nitrogens with two attached hydrogens (primary N) is 1. The normalized spacial score (nSPS) is 24.3. The fraction of sp³-hybridized carbons (Fsp3) is 0.538. The highest BCUT2D eigenvalue weighted by Crippen LogP contribution is 2.27. The van der Waals surface area contributed by atoms with Crippen LogP contribution in [0.1, 0.15) is 38.3 Å². The Balaban J connectivity index is 2.07. The van der Waals surface area contributed by atoms with E-state index in [-0.39, 0.29) is 11.9 Å². The summed E-state index contributed by atoms with van der Waals surface area (Å²) in [7, 11) is 0. The molecule has 1 aromatic rings. The van der Waals surface area contributed by atoms with Gasteiger partial charge in [0.15, 0.2) is 0 Å². The summed E-state index contributed by atoms with van der Waals surface area (Å²) in [5.74, 6) is 1.13. The van der Waals surface area contributed by atoms with Crippen LogP contribution in [0.15, 0.2) is 18.2 Å². The molecule has 2 unspecified atom stereocenters. The van der Waals surface area contributed by atoms with Gasteiger partial charge >= 0.3 is 0 Å². The van der Waals surface area contributed by atoms with Crippen LogP contribution in [-0.4, -0.2) is 16.9 Å². The summed E-state index contributed by atoms with van der Waals surface area (Å²) >= 11 is 0. The minimum Gasteiger partial charge on any atom is -0.474 e. The molecular weight excluding hydrogens is 214 g/mol. The van der Waals surface area contributed by atoms with Crippen LogP contribution in [-0.2, 0) is 0 Å². The minimum absolute atomic E-state index is 0.0212. The van der Waals surface area contributed by atoms with Gasteiger partial charge in [0.1, 0.15) is 17.6 Å². The summed E-state index contributed by atoms with van der Waals surface area (Å²) in [5.41, 5.74) is 5.89. The number of nitrogen functional groups attached to an aromatic ring is 1. The van der Waals surface area contributed by atoms with Crippen molar-refractivity contribution >= 4 is 5.84 Å². The van der Waals surface area contributed by atoms with Crippen LogP contribution in [0.2, 0.25) is 0 Å². The van der Waals surface area contributed by atoms with Gasteiger partial charge < -0.3 is 10.5 Å². The standard InChI is InChI=1S/C13H19N3O/c1-9-5-2-3-7-11(9)17-12-8-4-6-10(16-12)13(14)15/h4,6,8-9,11H,2-3,5,7H2,1H3,(H3,14,15). The highest BCUT2D eigenvalue weighted by atomic mass is 16.5. The maximum Gasteiger partial charge on any atom is 0.214 e. The maximum atomic E-state index is 7.35. The van der Waals surface area contributed by atoms with E-state index in [1.807, 2.05) is 12.1 Å². The molecule has 1 aliphatic rings. The average molecular weight is 233 g/mol. The number of pyridine rings is 1. The van der Waals surface area contributed by atoms with E-state index in [1.165, 1.54) is 19.3 Å². The largest absolute Gasteiger partial charge is 0.474 e. The molecule has 92 valence electrons. The van der Waals surface area contributed by atoms with E-state index in [0.29, 0.717) is 17.5 Å². The van der Waals surface area contributed by atoms with Gasteiger partial charge in [-0.3, -0.25) is 5.41 Å². The molecule has 3 N–H and O–H groups in total. The number of hydrogen-bond acceptors (Lipinski definition) is 3. The third-order valence-corrected chi connectivity index (χ3v) is 3.30. The molecule has 2 atom stereocenters. The lowest BCUT2D eigenvalue weighted by Crippen LogP contribution is -2.28. The Hall–Kier alpha value is -1.58. The zero-order chi connectivity index (χ0) is 12.3. The van der Waals surface area contributed by atoms with Crippen LogP contribution in [0.25, 0.3) is 0 Å². The van der Waals surface area contributed by atoms with E-state index in [1.54, 1.807) is 6.07 Å². The maximum absolute atomic E-state index is 7.35. The SMILES string of the molecule is CC1CCCCC1Oc1cccc(C(=N)N)n1. The monoisotopic (exact) mass is 233 g/mol. The first kappa shape index (κ1) is 11.9. The molecule has 0 saturated heterocycles. The predicted molar refractivity (Wildman–Crippen MR) is 67.3 cm³/mol. The van der Waals surface area contributed by atoms with Crippen molar-refractivity contribution < 1.29 is 4.74 Å². The van der Waals surface area contributed by atoms with Crippen molar-refractivity contribution in [1.29, 1.82) is 5.41 Å². The summed E-state index contributed by atoms with van der Waals surface area (Å²) in [6.45, 7) is 2.22. The summed E-state index contributed by atoms with van der Waals surface area (Å²) in [4.78, 5) is 4.23. The molecule has 0 bridgehead atoms. The highest BCUT2D eigenvalue weighted by Gasteiger charge is 2.23. The van der Waals surface area contributed by atoms with Gasteiger partial charge in [0.2, 0.25) is 5.88 Å². The second-order valence-electron chi connectivity index (χ2n) is 4.69. The lowest BCUT2D eigenvalue weighted by Gasteiger charge is -2.28. The van der Waals surface area contributed by atoms with Crippen LogP contribution in [0.4, 0.5) is 0 Å². The molecule has 0 spiro atoms. The van der Waals surface area contributed by atoms with Gasteiger partial charge in [-0.15, -0.1) is 0 Å². The Labute approximate surface area is 102 Å². The zero-order valence-corrected chi connectivity index (χ0v) is 10.1. The topological polar surface area (TPSA) is 72.0 Å². The Bertz CT molecular complexity index is 405. The molecule has 1 aromatic heterocycles. The van der Waals surface area contributed by atoms with E-state index in [0.717, 1.165) is 6.42 Å². The first-order chi connectivity index (χ1) is 8.16. The van der Waals surface area contributed by atoms with Crippen LogP contribution in [0.3, 0.4) is 0 Å². The molecule has 1 aliphatic carbocycles. The number of hydrogen-bond donors (Lipinski definition) is 2. The van der Waals surface area contributed by atoms with Crippen molar-refractivity contribution in [3.8, 4) is 5.88 Å². The molecule has 0 aliphatic heterocycles. The molecule has 1 fully saturated rings. The number of rotatable bonds is 3. The quantitative estimate of drug-likeness (QED) is 0.621. The van der Waals surface area contributed by atoms with E-state index in [9.17, 15) is 0 Å². The summed E-state index contributed by atoms with van der Waals surface area (Å²) in [6, 6.07) is 5.37. The Kier molecular flexibility index (Phi) is 3.61. The van der Waals surface area contributed by atoms with Gasteiger partial charge in [0, 0.05) is 6.07 Å². The molecule has 4 nitrogen and oxygen atoms in total. The van der Waals surface area contributed by atoms with Gasteiger partial charge in [0.05, 0.1) is 0 Å².